The van der Waals surface area contributed by atoms with Crippen LogP contribution in [-0.4, -0.2) is 30.6 Å². The Bertz CT molecular complexity index is 1270. The fourth-order valence-corrected chi connectivity index (χ4v) is 8.57. The van der Waals surface area contributed by atoms with Gasteiger partial charge in [-0.1, -0.05) is 18.4 Å². The molecule has 0 unspecified atom stereocenters. The molecule has 0 aliphatic heterocycles. The second-order valence-electron chi connectivity index (χ2n) is 12.3. The van der Waals surface area contributed by atoms with E-state index in [1.807, 2.05) is 0 Å². The van der Waals surface area contributed by atoms with Gasteiger partial charge in [-0.25, -0.2) is 8.78 Å². The molecule has 0 amide bonds. The van der Waals surface area contributed by atoms with E-state index in [1.165, 1.54) is 12.1 Å². The van der Waals surface area contributed by atoms with Gasteiger partial charge < -0.3 is 10.0 Å². The SMILES string of the molecule is CC#C[C@]1(O)C2(CC2)C[C@H]2[C@@H]3CCC4=CC(=O)CCC4=C3[C@@H](c3c(F)cc(N(C)C)cc3F)C[C@@]21C. The number of anilines is 1. The molecule has 5 aliphatic rings. The van der Waals surface area contributed by atoms with Crippen molar-refractivity contribution in [1.29, 1.82) is 0 Å². The van der Waals surface area contributed by atoms with Gasteiger partial charge in [-0.15, -0.1) is 5.92 Å². The Morgan fingerprint density at radius 3 is 2.39 bits per heavy atom. The van der Waals surface area contributed by atoms with Gasteiger partial charge in [0.1, 0.15) is 17.2 Å². The molecule has 3 nitrogen and oxygen atoms in total. The van der Waals surface area contributed by atoms with Crippen molar-refractivity contribution in [3.8, 4) is 11.8 Å². The van der Waals surface area contributed by atoms with Crippen LogP contribution in [-0.2, 0) is 4.79 Å². The monoisotopic (exact) mass is 491 g/mol. The molecule has 3 saturated carbocycles. The number of hydrogen-bond acceptors (Lipinski definition) is 3. The Hall–Kier alpha value is -2.45. The maximum Gasteiger partial charge on any atom is 0.156 e. The number of aliphatic hydroxyl groups is 1. The predicted octanol–water partition coefficient (Wildman–Crippen LogP) is 6.07. The molecular formula is C31H35F2NO2. The molecule has 1 N–H and O–H groups in total. The van der Waals surface area contributed by atoms with Gasteiger partial charge in [0.25, 0.3) is 0 Å². The van der Waals surface area contributed by atoms with E-state index in [-0.39, 0.29) is 28.6 Å². The van der Waals surface area contributed by atoms with Gasteiger partial charge in [0, 0.05) is 48.5 Å². The van der Waals surface area contributed by atoms with Crippen LogP contribution in [0.3, 0.4) is 0 Å². The molecular weight excluding hydrogens is 456 g/mol. The van der Waals surface area contributed by atoms with Crippen molar-refractivity contribution in [3.63, 3.8) is 0 Å². The first-order valence-electron chi connectivity index (χ1n) is 13.3. The lowest BCUT2D eigenvalue weighted by molar-refractivity contribution is -0.114. The van der Waals surface area contributed by atoms with E-state index >= 15 is 8.78 Å². The molecule has 5 atom stereocenters. The number of benzene rings is 1. The molecule has 5 heteroatoms. The Morgan fingerprint density at radius 1 is 1.08 bits per heavy atom. The summed E-state index contributed by atoms with van der Waals surface area (Å²) in [5.74, 6) is 5.16. The maximum atomic E-state index is 15.8. The van der Waals surface area contributed by atoms with Crippen LogP contribution in [0.25, 0.3) is 0 Å². The normalized spacial score (nSPS) is 35.9. The number of halogens is 2. The summed E-state index contributed by atoms with van der Waals surface area (Å²) in [4.78, 5) is 14.0. The molecule has 3 fully saturated rings. The van der Waals surface area contributed by atoms with Crippen LogP contribution >= 0.6 is 0 Å². The molecule has 36 heavy (non-hydrogen) atoms. The molecule has 5 aliphatic carbocycles. The first kappa shape index (κ1) is 23.9. The van der Waals surface area contributed by atoms with Crippen LogP contribution in [0, 0.1) is 46.1 Å². The van der Waals surface area contributed by atoms with Crippen molar-refractivity contribution in [2.45, 2.75) is 76.7 Å². The summed E-state index contributed by atoms with van der Waals surface area (Å²) >= 11 is 0. The average Bonchev–Trinajstić information content (AvgIpc) is 3.58. The second kappa shape index (κ2) is 7.78. The van der Waals surface area contributed by atoms with E-state index in [0.717, 1.165) is 48.8 Å². The third kappa shape index (κ3) is 3.03. The van der Waals surface area contributed by atoms with Crippen LogP contribution in [0.4, 0.5) is 14.5 Å². The molecule has 0 aromatic heterocycles. The number of hydrogen-bond donors (Lipinski definition) is 1. The molecule has 0 heterocycles. The van der Waals surface area contributed by atoms with E-state index in [0.29, 0.717) is 24.9 Å². The molecule has 0 bridgehead atoms. The molecule has 1 aromatic rings. The average molecular weight is 492 g/mol. The third-order valence-corrected chi connectivity index (χ3v) is 10.4. The van der Waals surface area contributed by atoms with E-state index < -0.39 is 28.6 Å². The smallest absolute Gasteiger partial charge is 0.156 e. The van der Waals surface area contributed by atoms with Gasteiger partial charge in [0.05, 0.1) is 0 Å². The number of rotatable bonds is 2. The Kier molecular flexibility index (Phi) is 5.17. The van der Waals surface area contributed by atoms with Crippen LogP contribution < -0.4 is 4.90 Å². The standard InChI is InChI=1S/C31H35F2NO2/c1-5-10-31(36)29(2)16-23(28-25(32)14-19(34(3)4)15-26(28)33)27-21-9-7-20(35)13-18(21)6-8-22(27)24(29)17-30(31)11-12-30/h13-15,22-24,36H,6-9,11-12,16-17H2,1-4H3/t22-,23-,24-,29-,31+/m0/s1. The number of fused-ring (bicyclic) bond motifs is 4. The Morgan fingerprint density at radius 2 is 1.78 bits per heavy atom. The Labute approximate surface area is 212 Å². The first-order valence-corrected chi connectivity index (χ1v) is 13.3. The molecule has 6 rings (SSSR count). The topological polar surface area (TPSA) is 40.5 Å². The number of nitrogens with zero attached hydrogens (tertiary/aromatic N) is 1. The van der Waals surface area contributed by atoms with Crippen LogP contribution in [0.5, 0.6) is 0 Å². The summed E-state index contributed by atoms with van der Waals surface area (Å²) in [6, 6.07) is 2.85. The summed E-state index contributed by atoms with van der Waals surface area (Å²) in [5, 5.41) is 12.3. The lowest BCUT2D eigenvalue weighted by atomic mass is 9.51. The van der Waals surface area contributed by atoms with E-state index in [4.69, 9.17) is 0 Å². The molecule has 0 radical (unpaired) electrons. The van der Waals surface area contributed by atoms with Gasteiger partial charge in [-0.2, -0.15) is 0 Å². The van der Waals surface area contributed by atoms with Crippen LogP contribution in [0.15, 0.2) is 34.9 Å². The quantitative estimate of drug-likeness (QED) is 0.510. The van der Waals surface area contributed by atoms with Crippen molar-refractivity contribution >= 4 is 11.5 Å². The predicted molar refractivity (Wildman–Crippen MR) is 136 cm³/mol. The van der Waals surface area contributed by atoms with E-state index in [9.17, 15) is 9.90 Å². The highest BCUT2D eigenvalue weighted by Crippen LogP contribution is 2.77. The van der Waals surface area contributed by atoms with Gasteiger partial charge in [-0.3, -0.25) is 4.79 Å². The minimum absolute atomic E-state index is 0.106. The Balaban J connectivity index is 1.59. The van der Waals surface area contributed by atoms with Crippen molar-refractivity contribution in [3.05, 3.63) is 52.1 Å². The summed E-state index contributed by atoms with van der Waals surface area (Å²) in [7, 11) is 3.55. The summed E-state index contributed by atoms with van der Waals surface area (Å²) in [5.41, 5.74) is 1.97. The molecule has 1 aromatic carbocycles. The fraction of sp³-hybridized carbons (Fsp3) is 0.581. The number of carbonyl (C=O) groups is 1. The maximum absolute atomic E-state index is 15.8. The summed E-state index contributed by atoms with van der Waals surface area (Å²) in [6.07, 6.45) is 7.78. The van der Waals surface area contributed by atoms with E-state index in [1.54, 1.807) is 32.0 Å². The highest BCUT2D eigenvalue weighted by atomic mass is 19.1. The highest BCUT2D eigenvalue weighted by molar-refractivity contribution is 5.93. The van der Waals surface area contributed by atoms with Crippen LogP contribution in [0.1, 0.15) is 76.7 Å². The largest absolute Gasteiger partial charge is 0.377 e. The number of ketones is 1. The lowest BCUT2D eigenvalue weighted by Gasteiger charge is -2.54. The molecule has 0 saturated heterocycles. The fourth-order valence-electron chi connectivity index (χ4n) is 8.57. The van der Waals surface area contributed by atoms with Gasteiger partial charge in [0.2, 0.25) is 0 Å². The number of allylic oxidation sites excluding steroid dienone is 4. The molecule has 1 spiro atoms. The van der Waals surface area contributed by atoms with Crippen molar-refractivity contribution < 1.29 is 18.7 Å². The third-order valence-electron chi connectivity index (χ3n) is 10.4. The highest BCUT2D eigenvalue weighted by Gasteiger charge is 2.76. The van der Waals surface area contributed by atoms with Gasteiger partial charge in [-0.05, 0) is 93.1 Å². The van der Waals surface area contributed by atoms with Crippen molar-refractivity contribution in [2.75, 3.05) is 19.0 Å². The van der Waals surface area contributed by atoms with Crippen molar-refractivity contribution in [1.82, 2.24) is 0 Å². The van der Waals surface area contributed by atoms with Gasteiger partial charge in [0.15, 0.2) is 5.78 Å². The zero-order valence-corrected chi connectivity index (χ0v) is 21.7. The van der Waals surface area contributed by atoms with Crippen LogP contribution in [0.2, 0.25) is 0 Å². The zero-order valence-electron chi connectivity index (χ0n) is 21.7. The zero-order chi connectivity index (χ0) is 25.6. The number of carbonyl (C=O) groups excluding carboxylic acids is 1. The first-order chi connectivity index (χ1) is 17.0. The van der Waals surface area contributed by atoms with Crippen molar-refractivity contribution in [2.24, 2.45) is 22.7 Å². The molecule has 190 valence electrons. The minimum atomic E-state index is -1.16. The minimum Gasteiger partial charge on any atom is -0.377 e. The lowest BCUT2D eigenvalue weighted by Crippen LogP contribution is -2.53. The second-order valence-corrected chi connectivity index (χ2v) is 12.3. The summed E-state index contributed by atoms with van der Waals surface area (Å²) < 4.78 is 31.7. The summed E-state index contributed by atoms with van der Waals surface area (Å²) in [6.45, 7) is 3.90. The van der Waals surface area contributed by atoms with E-state index in [2.05, 4.69) is 18.8 Å². The van der Waals surface area contributed by atoms with Gasteiger partial charge >= 0.3 is 0 Å².